The van der Waals surface area contributed by atoms with Gasteiger partial charge in [0.05, 0.1) is 0 Å². The van der Waals surface area contributed by atoms with Gasteiger partial charge in [-0.1, -0.05) is 58.0 Å². The quantitative estimate of drug-likeness (QED) is 0.879. The molecule has 2 aromatic rings. The Balaban J connectivity index is 1.92. The van der Waals surface area contributed by atoms with Crippen molar-refractivity contribution >= 4 is 11.6 Å². The van der Waals surface area contributed by atoms with Crippen LogP contribution in [0.15, 0.2) is 48.5 Å². The van der Waals surface area contributed by atoms with E-state index in [1.54, 1.807) is 0 Å². The zero-order chi connectivity index (χ0) is 16.9. The molecule has 0 aliphatic rings. The highest BCUT2D eigenvalue weighted by molar-refractivity contribution is 5.91. The molecule has 2 aromatic carbocycles. The van der Waals surface area contributed by atoms with Crippen LogP contribution in [-0.4, -0.2) is 12.5 Å². The van der Waals surface area contributed by atoms with Gasteiger partial charge in [0.1, 0.15) is 5.75 Å². The first kappa shape index (κ1) is 17.1. The third kappa shape index (κ3) is 4.85. The third-order valence-corrected chi connectivity index (χ3v) is 3.75. The molecule has 23 heavy (non-hydrogen) atoms. The standard InChI is InChI=1S/C20H25NO2/c1-5-15-8-6-7-9-18(15)23-14-19(22)21-17-12-10-16(11-13-17)20(2,3)4/h6-13H,5,14H2,1-4H3,(H,21,22). The molecule has 0 aromatic heterocycles. The summed E-state index contributed by atoms with van der Waals surface area (Å²) in [5, 5.41) is 2.86. The molecule has 0 bridgehead atoms. The molecule has 0 atom stereocenters. The van der Waals surface area contributed by atoms with Crippen molar-refractivity contribution in [3.05, 3.63) is 59.7 Å². The fourth-order valence-corrected chi connectivity index (χ4v) is 2.33. The highest BCUT2D eigenvalue weighted by Gasteiger charge is 2.13. The van der Waals surface area contributed by atoms with Gasteiger partial charge in [-0.05, 0) is 41.2 Å². The van der Waals surface area contributed by atoms with E-state index in [-0.39, 0.29) is 17.9 Å². The molecule has 122 valence electrons. The van der Waals surface area contributed by atoms with Gasteiger partial charge in [0.25, 0.3) is 5.91 Å². The normalized spacial score (nSPS) is 11.1. The largest absolute Gasteiger partial charge is 0.483 e. The zero-order valence-electron chi connectivity index (χ0n) is 14.3. The first-order chi connectivity index (χ1) is 10.9. The summed E-state index contributed by atoms with van der Waals surface area (Å²) in [6.45, 7) is 8.58. The lowest BCUT2D eigenvalue weighted by molar-refractivity contribution is -0.118. The summed E-state index contributed by atoms with van der Waals surface area (Å²) >= 11 is 0. The Bertz CT molecular complexity index is 654. The van der Waals surface area contributed by atoms with Gasteiger partial charge >= 0.3 is 0 Å². The lowest BCUT2D eigenvalue weighted by atomic mass is 9.87. The van der Waals surface area contributed by atoms with Crippen LogP contribution in [0.5, 0.6) is 5.75 Å². The van der Waals surface area contributed by atoms with Crippen molar-refractivity contribution in [2.24, 2.45) is 0 Å². The van der Waals surface area contributed by atoms with Crippen molar-refractivity contribution < 1.29 is 9.53 Å². The molecule has 2 rings (SSSR count). The zero-order valence-corrected chi connectivity index (χ0v) is 14.3. The van der Waals surface area contributed by atoms with E-state index >= 15 is 0 Å². The highest BCUT2D eigenvalue weighted by Crippen LogP contribution is 2.23. The van der Waals surface area contributed by atoms with Crippen LogP contribution in [0.2, 0.25) is 0 Å². The van der Waals surface area contributed by atoms with E-state index in [9.17, 15) is 4.79 Å². The average molecular weight is 311 g/mol. The van der Waals surface area contributed by atoms with Crippen molar-refractivity contribution in [2.45, 2.75) is 39.5 Å². The number of hydrogen-bond acceptors (Lipinski definition) is 2. The summed E-state index contributed by atoms with van der Waals surface area (Å²) in [6.07, 6.45) is 0.881. The Labute approximate surface area is 138 Å². The van der Waals surface area contributed by atoms with E-state index in [0.717, 1.165) is 23.4 Å². The molecule has 0 aliphatic heterocycles. The molecular formula is C20H25NO2. The van der Waals surface area contributed by atoms with Gasteiger partial charge in [0.2, 0.25) is 0 Å². The van der Waals surface area contributed by atoms with Crippen LogP contribution in [0.4, 0.5) is 5.69 Å². The van der Waals surface area contributed by atoms with Crippen LogP contribution in [0.1, 0.15) is 38.8 Å². The van der Waals surface area contributed by atoms with Gasteiger partial charge in [0, 0.05) is 5.69 Å². The fourth-order valence-electron chi connectivity index (χ4n) is 2.33. The maximum atomic E-state index is 12.0. The second-order valence-electron chi connectivity index (χ2n) is 6.63. The first-order valence-corrected chi connectivity index (χ1v) is 8.01. The van der Waals surface area contributed by atoms with Gasteiger partial charge in [-0.25, -0.2) is 0 Å². The predicted octanol–water partition coefficient (Wildman–Crippen LogP) is 4.56. The number of ether oxygens (including phenoxy) is 1. The minimum Gasteiger partial charge on any atom is -0.483 e. The molecule has 0 saturated carbocycles. The molecule has 0 saturated heterocycles. The topological polar surface area (TPSA) is 38.3 Å². The summed E-state index contributed by atoms with van der Waals surface area (Å²) in [5.41, 5.74) is 3.24. The summed E-state index contributed by atoms with van der Waals surface area (Å²) < 4.78 is 5.63. The van der Waals surface area contributed by atoms with Gasteiger partial charge < -0.3 is 10.1 Å². The number of amides is 1. The Kier molecular flexibility index (Phi) is 5.43. The number of para-hydroxylation sites is 1. The number of carbonyl (C=O) groups excluding carboxylic acids is 1. The van der Waals surface area contributed by atoms with Crippen LogP contribution in [-0.2, 0) is 16.6 Å². The Morgan fingerprint density at radius 1 is 1.04 bits per heavy atom. The van der Waals surface area contributed by atoms with E-state index in [1.165, 1.54) is 5.56 Å². The predicted molar refractivity (Wildman–Crippen MR) is 95.1 cm³/mol. The molecule has 0 spiro atoms. The molecule has 1 amide bonds. The molecule has 1 N–H and O–H groups in total. The maximum Gasteiger partial charge on any atom is 0.262 e. The van der Waals surface area contributed by atoms with Crippen molar-refractivity contribution in [3.8, 4) is 5.75 Å². The molecule has 0 radical (unpaired) electrons. The smallest absolute Gasteiger partial charge is 0.262 e. The van der Waals surface area contributed by atoms with E-state index in [4.69, 9.17) is 4.74 Å². The molecule has 0 fully saturated rings. The summed E-state index contributed by atoms with van der Waals surface area (Å²) in [7, 11) is 0. The summed E-state index contributed by atoms with van der Waals surface area (Å²) in [4.78, 5) is 12.0. The monoisotopic (exact) mass is 311 g/mol. The molecular weight excluding hydrogens is 286 g/mol. The molecule has 3 heteroatoms. The van der Waals surface area contributed by atoms with Crippen LogP contribution >= 0.6 is 0 Å². The second kappa shape index (κ2) is 7.32. The number of aryl methyl sites for hydroxylation is 1. The minimum absolute atomic E-state index is 0.0119. The van der Waals surface area contributed by atoms with E-state index < -0.39 is 0 Å². The van der Waals surface area contributed by atoms with Gasteiger partial charge in [0.15, 0.2) is 6.61 Å². The van der Waals surface area contributed by atoms with Gasteiger partial charge in [-0.15, -0.1) is 0 Å². The first-order valence-electron chi connectivity index (χ1n) is 8.01. The molecule has 0 unspecified atom stereocenters. The van der Waals surface area contributed by atoms with Crippen LogP contribution in [0.3, 0.4) is 0 Å². The Morgan fingerprint density at radius 2 is 1.70 bits per heavy atom. The van der Waals surface area contributed by atoms with E-state index in [2.05, 4.69) is 33.0 Å². The Hall–Kier alpha value is -2.29. The number of carbonyl (C=O) groups is 1. The highest BCUT2D eigenvalue weighted by atomic mass is 16.5. The van der Waals surface area contributed by atoms with Crippen LogP contribution in [0.25, 0.3) is 0 Å². The Morgan fingerprint density at radius 3 is 2.30 bits per heavy atom. The van der Waals surface area contributed by atoms with E-state index in [0.29, 0.717) is 0 Å². The van der Waals surface area contributed by atoms with Crippen LogP contribution < -0.4 is 10.1 Å². The van der Waals surface area contributed by atoms with Crippen LogP contribution in [0, 0.1) is 0 Å². The number of hydrogen-bond donors (Lipinski definition) is 1. The molecule has 3 nitrogen and oxygen atoms in total. The summed E-state index contributed by atoms with van der Waals surface area (Å²) in [6, 6.07) is 15.7. The molecule has 0 heterocycles. The second-order valence-corrected chi connectivity index (χ2v) is 6.63. The summed E-state index contributed by atoms with van der Waals surface area (Å²) in [5.74, 6) is 0.618. The lowest BCUT2D eigenvalue weighted by Gasteiger charge is -2.19. The average Bonchev–Trinajstić information content (AvgIpc) is 2.53. The van der Waals surface area contributed by atoms with Crippen molar-refractivity contribution in [3.63, 3.8) is 0 Å². The SMILES string of the molecule is CCc1ccccc1OCC(=O)Nc1ccc(C(C)(C)C)cc1. The third-order valence-electron chi connectivity index (χ3n) is 3.75. The lowest BCUT2D eigenvalue weighted by Crippen LogP contribution is -2.20. The number of benzene rings is 2. The fraction of sp³-hybridized carbons (Fsp3) is 0.350. The van der Waals surface area contributed by atoms with Gasteiger partial charge in [-0.3, -0.25) is 4.79 Å². The van der Waals surface area contributed by atoms with Crippen molar-refractivity contribution in [1.82, 2.24) is 0 Å². The number of rotatable bonds is 5. The van der Waals surface area contributed by atoms with Crippen molar-refractivity contribution in [1.29, 1.82) is 0 Å². The van der Waals surface area contributed by atoms with Gasteiger partial charge in [-0.2, -0.15) is 0 Å². The number of nitrogens with one attached hydrogen (secondary N) is 1. The molecule has 0 aliphatic carbocycles. The van der Waals surface area contributed by atoms with Crippen molar-refractivity contribution in [2.75, 3.05) is 11.9 Å². The minimum atomic E-state index is -0.153. The maximum absolute atomic E-state index is 12.0. The van der Waals surface area contributed by atoms with E-state index in [1.807, 2.05) is 48.5 Å². The number of anilines is 1.